The van der Waals surface area contributed by atoms with E-state index in [0.717, 1.165) is 0 Å². The van der Waals surface area contributed by atoms with E-state index in [-0.39, 0.29) is 0 Å². The van der Waals surface area contributed by atoms with Gasteiger partial charge in [0.2, 0.25) is 0 Å². The fourth-order valence-electron chi connectivity index (χ4n) is 1.07. The Morgan fingerprint density at radius 1 is 1.00 bits per heavy atom. The number of para-hydroxylation sites is 1. The Balaban J connectivity index is 0.000000561. The molecule has 0 unspecified atom stereocenters. The molecule has 68 valence electrons. The van der Waals surface area contributed by atoms with Gasteiger partial charge in [-0.05, 0) is 18.6 Å². The molecule has 0 aliphatic carbocycles. The van der Waals surface area contributed by atoms with Gasteiger partial charge in [0.1, 0.15) is 0 Å². The zero-order valence-electron chi connectivity index (χ0n) is 8.76. The van der Waals surface area contributed by atoms with Crippen LogP contribution in [0.25, 0.3) is 0 Å². The molecule has 0 saturated carbocycles. The van der Waals surface area contributed by atoms with Gasteiger partial charge in [0.25, 0.3) is 0 Å². The second-order valence-corrected chi connectivity index (χ2v) is 2.68. The van der Waals surface area contributed by atoms with Gasteiger partial charge in [0.15, 0.2) is 0 Å². The van der Waals surface area contributed by atoms with Gasteiger partial charge in [-0.15, -0.1) is 0 Å². The summed E-state index contributed by atoms with van der Waals surface area (Å²) in [6.45, 7) is 6.12. The SMILES string of the molecule is CC.Cc1ccccc1N(C)C. The van der Waals surface area contributed by atoms with Crippen molar-refractivity contribution in [2.45, 2.75) is 20.8 Å². The van der Waals surface area contributed by atoms with Crippen LogP contribution in [-0.2, 0) is 0 Å². The Morgan fingerprint density at radius 3 is 1.83 bits per heavy atom. The summed E-state index contributed by atoms with van der Waals surface area (Å²) in [5.41, 5.74) is 2.62. The molecule has 0 aliphatic heterocycles. The van der Waals surface area contributed by atoms with Crippen LogP contribution in [0.5, 0.6) is 0 Å². The molecule has 0 saturated heterocycles. The second kappa shape index (κ2) is 5.64. The van der Waals surface area contributed by atoms with Crippen LogP contribution in [0.3, 0.4) is 0 Å². The minimum Gasteiger partial charge on any atom is -0.377 e. The molecule has 1 aromatic carbocycles. The molecule has 0 bridgehead atoms. The average Bonchev–Trinajstić information content (AvgIpc) is 2.08. The van der Waals surface area contributed by atoms with Gasteiger partial charge < -0.3 is 4.90 Å². The highest BCUT2D eigenvalue weighted by Crippen LogP contribution is 2.15. The summed E-state index contributed by atoms with van der Waals surface area (Å²) in [5, 5.41) is 0. The highest BCUT2D eigenvalue weighted by Gasteiger charge is 1.95. The number of hydrogen-bond donors (Lipinski definition) is 0. The first-order valence-corrected chi connectivity index (χ1v) is 4.45. The van der Waals surface area contributed by atoms with Crippen LogP contribution in [0.4, 0.5) is 5.69 Å². The lowest BCUT2D eigenvalue weighted by Crippen LogP contribution is -2.09. The predicted octanol–water partition coefficient (Wildman–Crippen LogP) is 3.09. The van der Waals surface area contributed by atoms with Crippen molar-refractivity contribution < 1.29 is 0 Å². The van der Waals surface area contributed by atoms with E-state index in [0.29, 0.717) is 0 Å². The minimum absolute atomic E-state index is 1.29. The highest BCUT2D eigenvalue weighted by molar-refractivity contribution is 5.51. The van der Waals surface area contributed by atoms with Crippen LogP contribution in [0.1, 0.15) is 19.4 Å². The Labute approximate surface area is 76.0 Å². The van der Waals surface area contributed by atoms with Crippen LogP contribution < -0.4 is 4.90 Å². The van der Waals surface area contributed by atoms with Crippen molar-refractivity contribution in [3.05, 3.63) is 29.8 Å². The van der Waals surface area contributed by atoms with E-state index in [4.69, 9.17) is 0 Å². The van der Waals surface area contributed by atoms with Crippen molar-refractivity contribution in [1.29, 1.82) is 0 Å². The Kier molecular flexibility index (Phi) is 5.18. The van der Waals surface area contributed by atoms with Crippen LogP contribution in [-0.4, -0.2) is 14.1 Å². The highest BCUT2D eigenvalue weighted by atomic mass is 15.1. The van der Waals surface area contributed by atoms with Crippen LogP contribution >= 0.6 is 0 Å². The molecule has 1 nitrogen and oxygen atoms in total. The van der Waals surface area contributed by atoms with E-state index in [1.807, 2.05) is 13.8 Å². The summed E-state index contributed by atoms with van der Waals surface area (Å²) < 4.78 is 0. The molecule has 0 N–H and O–H groups in total. The maximum atomic E-state index is 2.12. The average molecular weight is 165 g/mol. The molecule has 0 radical (unpaired) electrons. The van der Waals surface area contributed by atoms with Gasteiger partial charge in [-0.25, -0.2) is 0 Å². The molecule has 0 aliphatic rings. The maximum absolute atomic E-state index is 2.12. The monoisotopic (exact) mass is 165 g/mol. The minimum atomic E-state index is 1.29. The molecule has 1 aromatic rings. The van der Waals surface area contributed by atoms with E-state index >= 15 is 0 Å². The number of benzene rings is 1. The van der Waals surface area contributed by atoms with Gasteiger partial charge in [-0.2, -0.15) is 0 Å². The zero-order valence-corrected chi connectivity index (χ0v) is 8.76. The molecule has 0 amide bonds. The molecule has 0 spiro atoms. The molecule has 0 fully saturated rings. The predicted molar refractivity (Wildman–Crippen MR) is 56.9 cm³/mol. The van der Waals surface area contributed by atoms with Gasteiger partial charge in [-0.1, -0.05) is 32.0 Å². The smallest absolute Gasteiger partial charge is 0.0390 e. The number of aryl methyl sites for hydroxylation is 1. The molecule has 1 rings (SSSR count). The third-order valence-corrected chi connectivity index (χ3v) is 1.60. The zero-order chi connectivity index (χ0) is 9.56. The number of rotatable bonds is 1. The van der Waals surface area contributed by atoms with E-state index in [1.54, 1.807) is 0 Å². The van der Waals surface area contributed by atoms with Crippen LogP contribution in [0.15, 0.2) is 24.3 Å². The maximum Gasteiger partial charge on any atom is 0.0390 e. The standard InChI is InChI=1S/C9H13N.C2H6/c1-8-6-4-5-7-9(8)10(2)3;1-2/h4-7H,1-3H3;1-2H3. The van der Waals surface area contributed by atoms with Crippen molar-refractivity contribution in [2.75, 3.05) is 19.0 Å². The molecule has 12 heavy (non-hydrogen) atoms. The first-order chi connectivity index (χ1) is 5.72. The Morgan fingerprint density at radius 2 is 1.50 bits per heavy atom. The van der Waals surface area contributed by atoms with Crippen molar-refractivity contribution in [3.8, 4) is 0 Å². The summed E-state index contributed by atoms with van der Waals surface area (Å²) in [7, 11) is 4.12. The van der Waals surface area contributed by atoms with E-state index < -0.39 is 0 Å². The summed E-state index contributed by atoms with van der Waals surface area (Å²) in [5.74, 6) is 0. The van der Waals surface area contributed by atoms with Crippen molar-refractivity contribution in [1.82, 2.24) is 0 Å². The molecular weight excluding hydrogens is 146 g/mol. The van der Waals surface area contributed by atoms with Gasteiger partial charge >= 0.3 is 0 Å². The molecule has 0 heterocycles. The Hall–Kier alpha value is -0.980. The number of hydrogen-bond acceptors (Lipinski definition) is 1. The fraction of sp³-hybridized carbons (Fsp3) is 0.455. The van der Waals surface area contributed by atoms with Gasteiger partial charge in [-0.3, -0.25) is 0 Å². The molecular formula is C11H19N. The molecule has 1 heteroatoms. The van der Waals surface area contributed by atoms with E-state index in [1.165, 1.54) is 11.3 Å². The number of anilines is 1. The molecule has 0 atom stereocenters. The van der Waals surface area contributed by atoms with E-state index in [2.05, 4.69) is 50.2 Å². The van der Waals surface area contributed by atoms with Crippen LogP contribution in [0, 0.1) is 6.92 Å². The Bertz CT molecular complexity index is 216. The summed E-state index contributed by atoms with van der Waals surface area (Å²) in [6.07, 6.45) is 0. The van der Waals surface area contributed by atoms with Crippen LogP contribution in [0.2, 0.25) is 0 Å². The lowest BCUT2D eigenvalue weighted by atomic mass is 10.2. The fourth-order valence-corrected chi connectivity index (χ4v) is 1.07. The molecule has 0 aromatic heterocycles. The van der Waals surface area contributed by atoms with Crippen molar-refractivity contribution in [3.63, 3.8) is 0 Å². The van der Waals surface area contributed by atoms with E-state index in [9.17, 15) is 0 Å². The largest absolute Gasteiger partial charge is 0.377 e. The second-order valence-electron chi connectivity index (χ2n) is 2.68. The normalized spacial score (nSPS) is 8.42. The lowest BCUT2D eigenvalue weighted by molar-refractivity contribution is 1.11. The topological polar surface area (TPSA) is 3.24 Å². The summed E-state index contributed by atoms with van der Waals surface area (Å²) in [6, 6.07) is 8.36. The van der Waals surface area contributed by atoms with Gasteiger partial charge in [0, 0.05) is 19.8 Å². The quantitative estimate of drug-likeness (QED) is 0.618. The van der Waals surface area contributed by atoms with Gasteiger partial charge in [0.05, 0.1) is 0 Å². The lowest BCUT2D eigenvalue weighted by Gasteiger charge is -2.14. The first-order valence-electron chi connectivity index (χ1n) is 4.45. The number of nitrogens with zero attached hydrogens (tertiary/aromatic N) is 1. The van der Waals surface area contributed by atoms with Crippen molar-refractivity contribution >= 4 is 5.69 Å². The third-order valence-electron chi connectivity index (χ3n) is 1.60. The van der Waals surface area contributed by atoms with Crippen molar-refractivity contribution in [2.24, 2.45) is 0 Å². The summed E-state index contributed by atoms with van der Waals surface area (Å²) in [4.78, 5) is 2.12. The first kappa shape index (κ1) is 11.0. The third kappa shape index (κ3) is 2.95. The summed E-state index contributed by atoms with van der Waals surface area (Å²) >= 11 is 0.